The first-order chi connectivity index (χ1) is 5.11. The van der Waals surface area contributed by atoms with E-state index in [4.69, 9.17) is 6.92 Å². The fourth-order valence-corrected chi connectivity index (χ4v) is 0.702. The Morgan fingerprint density at radius 2 is 2.27 bits per heavy atom. The van der Waals surface area contributed by atoms with E-state index in [0.717, 1.165) is 0 Å². The van der Waals surface area contributed by atoms with Gasteiger partial charge in [-0.2, -0.15) is 0 Å². The van der Waals surface area contributed by atoms with Gasteiger partial charge in [0, 0.05) is 31.8 Å². The average Bonchev–Trinajstić information content (AvgIpc) is 1.94. The lowest BCUT2D eigenvalue weighted by Crippen LogP contribution is -2.16. The molecular formula is C8H7NO2. The van der Waals surface area contributed by atoms with Gasteiger partial charge in [0.05, 0.1) is 0 Å². The fourth-order valence-electron chi connectivity index (χ4n) is 0.702. The summed E-state index contributed by atoms with van der Waals surface area (Å²) in [6.45, 7) is 4.95. The van der Waals surface area contributed by atoms with Crippen molar-refractivity contribution in [3.63, 3.8) is 0 Å². The minimum absolute atomic E-state index is 0.235. The molecule has 0 atom stereocenters. The van der Waals surface area contributed by atoms with E-state index in [9.17, 15) is 9.59 Å². The molecular weight excluding hydrogens is 142 g/mol. The molecule has 0 aliphatic carbocycles. The van der Waals surface area contributed by atoms with Gasteiger partial charge in [-0.1, -0.05) is 0 Å². The van der Waals surface area contributed by atoms with Gasteiger partial charge in [0.25, 0.3) is 5.56 Å². The SMILES string of the molecule is [CH]C(=O)c1ccn(C)c(=O)c1. The second-order valence-electron chi connectivity index (χ2n) is 2.23. The van der Waals surface area contributed by atoms with E-state index in [1.165, 1.54) is 22.9 Å². The van der Waals surface area contributed by atoms with E-state index in [0.29, 0.717) is 0 Å². The summed E-state index contributed by atoms with van der Waals surface area (Å²) in [7, 11) is 1.60. The minimum Gasteiger partial charge on any atom is -0.319 e. The third-order valence-corrected chi connectivity index (χ3v) is 1.39. The number of hydrogen-bond donors (Lipinski definition) is 0. The number of pyridine rings is 1. The number of aromatic nitrogens is 1. The Morgan fingerprint density at radius 3 is 2.73 bits per heavy atom. The van der Waals surface area contributed by atoms with Crippen molar-refractivity contribution in [3.05, 3.63) is 41.2 Å². The molecule has 0 unspecified atom stereocenters. The van der Waals surface area contributed by atoms with Gasteiger partial charge in [-0.15, -0.1) is 0 Å². The summed E-state index contributed by atoms with van der Waals surface area (Å²) < 4.78 is 1.37. The number of hydrogen-bond acceptors (Lipinski definition) is 2. The van der Waals surface area contributed by atoms with Crippen molar-refractivity contribution in [1.82, 2.24) is 4.57 Å². The normalized spacial score (nSPS) is 9.64. The largest absolute Gasteiger partial charge is 0.319 e. The molecule has 0 N–H and O–H groups in total. The van der Waals surface area contributed by atoms with Crippen LogP contribution in [0.3, 0.4) is 0 Å². The van der Waals surface area contributed by atoms with E-state index in [2.05, 4.69) is 0 Å². The molecule has 0 saturated carbocycles. The Bertz CT molecular complexity index is 338. The van der Waals surface area contributed by atoms with E-state index in [-0.39, 0.29) is 11.1 Å². The standard InChI is InChI=1S/C8H7NO2/c1-6(10)7-3-4-9(2)8(11)5-7/h1,3-5H,2H3. The summed E-state index contributed by atoms with van der Waals surface area (Å²) in [6, 6.07) is 2.71. The molecule has 0 aliphatic rings. The Morgan fingerprint density at radius 1 is 1.64 bits per heavy atom. The Labute approximate surface area is 64.3 Å². The molecule has 3 heteroatoms. The van der Waals surface area contributed by atoms with Gasteiger partial charge < -0.3 is 4.57 Å². The van der Waals surface area contributed by atoms with Gasteiger partial charge in [0.1, 0.15) is 0 Å². The van der Waals surface area contributed by atoms with Crippen molar-refractivity contribution < 1.29 is 4.79 Å². The monoisotopic (exact) mass is 149 g/mol. The van der Waals surface area contributed by atoms with Crippen molar-refractivity contribution >= 4 is 5.78 Å². The van der Waals surface area contributed by atoms with Crippen LogP contribution in [0.15, 0.2) is 23.1 Å². The highest BCUT2D eigenvalue weighted by Gasteiger charge is 1.99. The number of Topliss-reactive ketones (excluding diaryl/α,β-unsaturated/α-hetero) is 1. The summed E-state index contributed by atoms with van der Waals surface area (Å²) in [6.07, 6.45) is 1.50. The topological polar surface area (TPSA) is 39.1 Å². The number of nitrogens with zero attached hydrogens (tertiary/aromatic N) is 1. The third-order valence-electron chi connectivity index (χ3n) is 1.39. The zero-order valence-electron chi connectivity index (χ0n) is 6.07. The van der Waals surface area contributed by atoms with Crippen LogP contribution >= 0.6 is 0 Å². The Kier molecular flexibility index (Phi) is 1.89. The van der Waals surface area contributed by atoms with Crippen molar-refractivity contribution in [2.75, 3.05) is 0 Å². The smallest absolute Gasteiger partial charge is 0.250 e. The Hall–Kier alpha value is -1.38. The van der Waals surface area contributed by atoms with Crippen LogP contribution in [0, 0.1) is 6.92 Å². The highest BCUT2D eigenvalue weighted by Crippen LogP contribution is 1.93. The van der Waals surface area contributed by atoms with E-state index < -0.39 is 5.78 Å². The molecule has 0 saturated heterocycles. The van der Waals surface area contributed by atoms with Crippen LogP contribution in [0.5, 0.6) is 0 Å². The van der Waals surface area contributed by atoms with Gasteiger partial charge in [-0.25, -0.2) is 0 Å². The van der Waals surface area contributed by atoms with Gasteiger partial charge in [-0.3, -0.25) is 9.59 Å². The maximum absolute atomic E-state index is 10.9. The summed E-state index contributed by atoms with van der Waals surface area (Å²) >= 11 is 0. The predicted molar refractivity (Wildman–Crippen MR) is 40.3 cm³/mol. The number of carbonyl (C=O) groups is 1. The molecule has 1 heterocycles. The van der Waals surface area contributed by atoms with E-state index in [1.807, 2.05) is 0 Å². The molecule has 1 aromatic heterocycles. The van der Waals surface area contributed by atoms with Crippen LogP contribution in [0.1, 0.15) is 10.4 Å². The first kappa shape index (κ1) is 7.72. The molecule has 0 aromatic carbocycles. The lowest BCUT2D eigenvalue weighted by Gasteiger charge is -1.96. The maximum atomic E-state index is 10.9. The summed E-state index contributed by atoms with van der Waals surface area (Å²) in [5.74, 6) is -0.581. The molecule has 1 rings (SSSR count). The second kappa shape index (κ2) is 2.70. The van der Waals surface area contributed by atoms with E-state index in [1.54, 1.807) is 7.05 Å². The minimum atomic E-state index is -0.581. The molecule has 0 bridgehead atoms. The number of ketones is 1. The molecule has 3 nitrogen and oxygen atoms in total. The van der Waals surface area contributed by atoms with Crippen LogP contribution in [0.2, 0.25) is 0 Å². The summed E-state index contributed by atoms with van der Waals surface area (Å²) in [4.78, 5) is 21.4. The van der Waals surface area contributed by atoms with Crippen LogP contribution in [-0.2, 0) is 7.05 Å². The molecule has 11 heavy (non-hydrogen) atoms. The molecule has 2 radical (unpaired) electrons. The maximum Gasteiger partial charge on any atom is 0.250 e. The molecule has 0 spiro atoms. The first-order valence-electron chi connectivity index (χ1n) is 3.08. The third kappa shape index (κ3) is 1.55. The van der Waals surface area contributed by atoms with Gasteiger partial charge in [0.2, 0.25) is 0 Å². The molecule has 0 fully saturated rings. The lowest BCUT2D eigenvalue weighted by atomic mass is 10.2. The number of aryl methyl sites for hydroxylation is 1. The molecule has 1 aromatic rings. The summed E-state index contributed by atoms with van der Waals surface area (Å²) in [5.41, 5.74) is 0.00870. The van der Waals surface area contributed by atoms with Crippen molar-refractivity contribution in [2.24, 2.45) is 7.05 Å². The van der Waals surface area contributed by atoms with Crippen LogP contribution < -0.4 is 5.56 Å². The Balaban J connectivity index is 3.26. The van der Waals surface area contributed by atoms with Crippen molar-refractivity contribution in [3.8, 4) is 0 Å². The quantitative estimate of drug-likeness (QED) is 0.538. The van der Waals surface area contributed by atoms with E-state index >= 15 is 0 Å². The molecule has 0 amide bonds. The van der Waals surface area contributed by atoms with Gasteiger partial charge in [-0.05, 0) is 6.07 Å². The predicted octanol–water partition coefficient (Wildman–Crippen LogP) is 0.279. The van der Waals surface area contributed by atoms with Crippen LogP contribution in [0.25, 0.3) is 0 Å². The second-order valence-corrected chi connectivity index (χ2v) is 2.23. The molecule has 0 aliphatic heterocycles. The number of rotatable bonds is 1. The van der Waals surface area contributed by atoms with Crippen LogP contribution in [0.4, 0.5) is 0 Å². The van der Waals surface area contributed by atoms with Crippen molar-refractivity contribution in [2.45, 2.75) is 0 Å². The lowest BCUT2D eigenvalue weighted by molar-refractivity contribution is 0.104. The highest BCUT2D eigenvalue weighted by molar-refractivity contribution is 5.99. The average molecular weight is 149 g/mol. The fraction of sp³-hybridized carbons (Fsp3) is 0.125. The zero-order chi connectivity index (χ0) is 8.43. The van der Waals surface area contributed by atoms with Gasteiger partial charge >= 0.3 is 0 Å². The summed E-state index contributed by atoms with van der Waals surface area (Å²) in [5, 5.41) is 0. The molecule has 56 valence electrons. The highest BCUT2D eigenvalue weighted by atomic mass is 16.1. The van der Waals surface area contributed by atoms with Gasteiger partial charge in [0.15, 0.2) is 5.78 Å². The zero-order valence-corrected chi connectivity index (χ0v) is 6.07. The van der Waals surface area contributed by atoms with Crippen LogP contribution in [-0.4, -0.2) is 10.4 Å². The van der Waals surface area contributed by atoms with Crippen molar-refractivity contribution in [1.29, 1.82) is 0 Å². The number of carbonyl (C=O) groups excluding carboxylic acids is 1. The first-order valence-corrected chi connectivity index (χ1v) is 3.08.